The Morgan fingerprint density at radius 2 is 1.95 bits per heavy atom. The topological polar surface area (TPSA) is 61.2 Å². The Balaban J connectivity index is 2.51. The van der Waals surface area contributed by atoms with Crippen molar-refractivity contribution in [2.75, 3.05) is 4.90 Å². The molecule has 4 heteroatoms. The quantitative estimate of drug-likeness (QED) is 0.793. The minimum Gasteiger partial charge on any atom is -0.274 e. The second-order valence-electron chi connectivity index (χ2n) is 5.31. The maximum absolute atomic E-state index is 12.7. The van der Waals surface area contributed by atoms with Crippen LogP contribution in [0.25, 0.3) is 0 Å². The van der Waals surface area contributed by atoms with Gasteiger partial charge >= 0.3 is 0 Å². The average Bonchev–Trinajstić information content (AvgIpc) is 2.71. The fraction of sp³-hybridized carbons (Fsp3) is 0.438. The molecule has 1 aliphatic rings. The molecule has 0 radical (unpaired) electrons. The van der Waals surface area contributed by atoms with Crippen LogP contribution in [0.15, 0.2) is 18.2 Å². The van der Waals surface area contributed by atoms with Crippen molar-refractivity contribution in [3.8, 4) is 6.07 Å². The highest BCUT2D eigenvalue weighted by Gasteiger charge is 2.49. The molecule has 1 fully saturated rings. The third kappa shape index (κ3) is 2.00. The molecule has 1 aromatic rings. The maximum atomic E-state index is 12.7. The number of hydrogen-bond donors (Lipinski definition) is 0. The number of rotatable bonds is 3. The van der Waals surface area contributed by atoms with Crippen molar-refractivity contribution in [2.45, 2.75) is 40.0 Å². The van der Waals surface area contributed by atoms with Crippen molar-refractivity contribution in [1.82, 2.24) is 0 Å². The molecule has 0 aromatic heterocycles. The molecule has 1 heterocycles. The van der Waals surface area contributed by atoms with E-state index in [2.05, 4.69) is 0 Å². The molecule has 0 spiro atoms. The van der Waals surface area contributed by atoms with Crippen molar-refractivity contribution < 1.29 is 9.59 Å². The Hall–Kier alpha value is -2.15. The van der Waals surface area contributed by atoms with E-state index in [1.165, 1.54) is 4.90 Å². The third-order valence-corrected chi connectivity index (χ3v) is 4.33. The Morgan fingerprint density at radius 3 is 2.45 bits per heavy atom. The number of carbonyl (C=O) groups excluding carboxylic acids is 2. The van der Waals surface area contributed by atoms with E-state index < -0.39 is 5.41 Å². The summed E-state index contributed by atoms with van der Waals surface area (Å²) in [7, 11) is 0. The molecule has 0 aliphatic carbocycles. The van der Waals surface area contributed by atoms with Gasteiger partial charge in [0, 0.05) is 6.42 Å². The lowest BCUT2D eigenvalue weighted by atomic mass is 9.81. The first kappa shape index (κ1) is 14.3. The number of aryl methyl sites for hydroxylation is 1. The van der Waals surface area contributed by atoms with Gasteiger partial charge in [-0.15, -0.1) is 0 Å². The lowest BCUT2D eigenvalue weighted by Crippen LogP contribution is -2.35. The van der Waals surface area contributed by atoms with E-state index in [1.807, 2.05) is 26.8 Å². The van der Waals surface area contributed by atoms with Crippen LogP contribution in [0, 0.1) is 23.7 Å². The summed E-state index contributed by atoms with van der Waals surface area (Å²) in [6.07, 6.45) is 1.57. The number of anilines is 1. The Kier molecular flexibility index (Phi) is 3.63. The van der Waals surface area contributed by atoms with Gasteiger partial charge in [-0.05, 0) is 37.5 Å². The van der Waals surface area contributed by atoms with E-state index in [1.54, 1.807) is 18.2 Å². The lowest BCUT2D eigenvalue weighted by molar-refractivity contribution is -0.126. The third-order valence-electron chi connectivity index (χ3n) is 4.33. The predicted octanol–water partition coefficient (Wildman–Crippen LogP) is 2.94. The molecule has 0 saturated carbocycles. The van der Waals surface area contributed by atoms with Crippen LogP contribution in [0.3, 0.4) is 0 Å². The highest BCUT2D eigenvalue weighted by molar-refractivity contribution is 6.22. The summed E-state index contributed by atoms with van der Waals surface area (Å²) in [4.78, 5) is 26.2. The van der Waals surface area contributed by atoms with Gasteiger partial charge in [-0.2, -0.15) is 5.26 Å². The van der Waals surface area contributed by atoms with Crippen LogP contribution >= 0.6 is 0 Å². The Labute approximate surface area is 119 Å². The SMILES string of the molecule is CCC1(CC)CC(=O)N(c2cc(C#N)ccc2C)C1=O. The number of imide groups is 1. The molecule has 1 saturated heterocycles. The highest BCUT2D eigenvalue weighted by Crippen LogP contribution is 2.42. The molecular weight excluding hydrogens is 252 g/mol. The van der Waals surface area contributed by atoms with E-state index in [9.17, 15) is 9.59 Å². The van der Waals surface area contributed by atoms with Gasteiger partial charge in [0.25, 0.3) is 0 Å². The van der Waals surface area contributed by atoms with Gasteiger partial charge in [0.05, 0.1) is 22.7 Å². The monoisotopic (exact) mass is 270 g/mol. The summed E-state index contributed by atoms with van der Waals surface area (Å²) in [6, 6.07) is 7.13. The molecule has 4 nitrogen and oxygen atoms in total. The van der Waals surface area contributed by atoms with Crippen LogP contribution in [-0.2, 0) is 9.59 Å². The van der Waals surface area contributed by atoms with Crippen LogP contribution in [0.1, 0.15) is 44.2 Å². The van der Waals surface area contributed by atoms with Gasteiger partial charge in [-0.25, -0.2) is 4.90 Å². The molecule has 104 valence electrons. The normalized spacial score (nSPS) is 17.4. The maximum Gasteiger partial charge on any atom is 0.240 e. The van der Waals surface area contributed by atoms with E-state index in [0.717, 1.165) is 5.56 Å². The van der Waals surface area contributed by atoms with E-state index in [-0.39, 0.29) is 18.2 Å². The summed E-state index contributed by atoms with van der Waals surface area (Å²) < 4.78 is 0. The molecule has 2 rings (SSSR count). The first-order valence-corrected chi connectivity index (χ1v) is 6.87. The summed E-state index contributed by atoms with van der Waals surface area (Å²) >= 11 is 0. The van der Waals surface area contributed by atoms with Crippen molar-refractivity contribution in [3.05, 3.63) is 29.3 Å². The van der Waals surface area contributed by atoms with E-state index in [0.29, 0.717) is 24.1 Å². The zero-order chi connectivity index (χ0) is 14.9. The van der Waals surface area contributed by atoms with Gasteiger partial charge in [0.1, 0.15) is 0 Å². The minimum absolute atomic E-state index is 0.134. The van der Waals surface area contributed by atoms with Crippen LogP contribution < -0.4 is 4.90 Å². The number of hydrogen-bond acceptors (Lipinski definition) is 3. The second kappa shape index (κ2) is 5.09. The molecule has 2 amide bonds. The largest absolute Gasteiger partial charge is 0.274 e. The first-order chi connectivity index (χ1) is 9.49. The molecule has 0 atom stereocenters. The number of nitrogens with zero attached hydrogens (tertiary/aromatic N) is 2. The Bertz CT molecular complexity index is 609. The fourth-order valence-corrected chi connectivity index (χ4v) is 2.76. The zero-order valence-corrected chi connectivity index (χ0v) is 12.1. The van der Waals surface area contributed by atoms with Gasteiger partial charge in [0.15, 0.2) is 0 Å². The standard InChI is InChI=1S/C16H18N2O2/c1-4-16(5-2)9-14(19)18(15(16)20)13-8-12(10-17)7-6-11(13)3/h6-8H,4-5,9H2,1-3H3. The predicted molar refractivity (Wildman–Crippen MR) is 76.0 cm³/mol. The highest BCUT2D eigenvalue weighted by atomic mass is 16.2. The molecule has 20 heavy (non-hydrogen) atoms. The molecule has 1 aromatic carbocycles. The van der Waals surface area contributed by atoms with E-state index in [4.69, 9.17) is 5.26 Å². The summed E-state index contributed by atoms with van der Waals surface area (Å²) in [6.45, 7) is 5.72. The average molecular weight is 270 g/mol. The number of benzene rings is 1. The molecular formula is C16H18N2O2. The minimum atomic E-state index is -0.577. The molecule has 1 aliphatic heterocycles. The van der Waals surface area contributed by atoms with Crippen LogP contribution in [0.2, 0.25) is 0 Å². The molecule has 0 bridgehead atoms. The summed E-state index contributed by atoms with van der Waals surface area (Å²) in [5.41, 5.74) is 1.25. The van der Waals surface area contributed by atoms with Crippen molar-refractivity contribution in [3.63, 3.8) is 0 Å². The smallest absolute Gasteiger partial charge is 0.240 e. The van der Waals surface area contributed by atoms with Gasteiger partial charge in [-0.3, -0.25) is 9.59 Å². The van der Waals surface area contributed by atoms with Gasteiger partial charge in [-0.1, -0.05) is 19.9 Å². The first-order valence-electron chi connectivity index (χ1n) is 6.87. The van der Waals surface area contributed by atoms with Gasteiger partial charge in [0.2, 0.25) is 11.8 Å². The van der Waals surface area contributed by atoms with Crippen molar-refractivity contribution >= 4 is 17.5 Å². The lowest BCUT2D eigenvalue weighted by Gasteiger charge is -2.24. The van der Waals surface area contributed by atoms with Crippen LogP contribution in [0.5, 0.6) is 0 Å². The fourth-order valence-electron chi connectivity index (χ4n) is 2.76. The van der Waals surface area contributed by atoms with Crippen LogP contribution in [-0.4, -0.2) is 11.8 Å². The summed E-state index contributed by atoms with van der Waals surface area (Å²) in [5.74, 6) is -0.303. The van der Waals surface area contributed by atoms with Crippen LogP contribution in [0.4, 0.5) is 5.69 Å². The molecule has 0 N–H and O–H groups in total. The molecule has 0 unspecified atom stereocenters. The second-order valence-corrected chi connectivity index (χ2v) is 5.31. The van der Waals surface area contributed by atoms with Crippen molar-refractivity contribution in [1.29, 1.82) is 5.26 Å². The van der Waals surface area contributed by atoms with E-state index >= 15 is 0 Å². The zero-order valence-electron chi connectivity index (χ0n) is 12.1. The number of nitriles is 1. The number of amides is 2. The van der Waals surface area contributed by atoms with Gasteiger partial charge < -0.3 is 0 Å². The van der Waals surface area contributed by atoms with Crippen molar-refractivity contribution in [2.24, 2.45) is 5.41 Å². The summed E-state index contributed by atoms with van der Waals surface area (Å²) in [5, 5.41) is 8.98. The number of carbonyl (C=O) groups is 2. The Morgan fingerprint density at radius 1 is 1.30 bits per heavy atom.